The van der Waals surface area contributed by atoms with Crippen molar-refractivity contribution in [3.8, 4) is 11.1 Å². The summed E-state index contributed by atoms with van der Waals surface area (Å²) in [4.78, 5) is 10.1. The van der Waals surface area contributed by atoms with Gasteiger partial charge in [0, 0.05) is 42.0 Å². The Kier molecular flexibility index (Phi) is 4.30. The van der Waals surface area contributed by atoms with E-state index < -0.39 is 17.9 Å². The normalized spacial score (nSPS) is 16.3. The second-order valence-corrected chi connectivity index (χ2v) is 7.15. The summed E-state index contributed by atoms with van der Waals surface area (Å²) in [6.07, 6.45) is 2.42. The SMILES string of the molecule is OC1c2cccnc2CN1Cc1c(F)cc(-c2ccc3ncccc3c2)cc1F. The quantitative estimate of drug-likeness (QED) is 0.557. The van der Waals surface area contributed by atoms with Crippen molar-refractivity contribution < 1.29 is 13.9 Å². The number of halogens is 2. The number of nitrogens with zero attached hydrogens (tertiary/aromatic N) is 3. The fraction of sp³-hybridized carbons (Fsp3) is 0.130. The monoisotopic (exact) mass is 389 g/mol. The summed E-state index contributed by atoms with van der Waals surface area (Å²) < 4.78 is 29.7. The molecule has 0 saturated heterocycles. The number of aromatic nitrogens is 2. The second-order valence-electron chi connectivity index (χ2n) is 7.15. The Hall–Kier alpha value is -3.22. The van der Waals surface area contributed by atoms with Crippen LogP contribution in [0.1, 0.15) is 23.0 Å². The molecule has 0 aliphatic carbocycles. The summed E-state index contributed by atoms with van der Waals surface area (Å²) in [7, 11) is 0. The minimum atomic E-state index is -0.926. The highest BCUT2D eigenvalue weighted by atomic mass is 19.1. The Labute approximate surface area is 166 Å². The predicted octanol–water partition coefficient (Wildman–Crippen LogP) is 4.58. The zero-order valence-corrected chi connectivity index (χ0v) is 15.4. The van der Waals surface area contributed by atoms with Gasteiger partial charge in [0.05, 0.1) is 11.2 Å². The number of hydrogen-bond donors (Lipinski definition) is 1. The fourth-order valence-corrected chi connectivity index (χ4v) is 3.81. The Morgan fingerprint density at radius 2 is 1.69 bits per heavy atom. The van der Waals surface area contributed by atoms with Crippen molar-refractivity contribution >= 4 is 10.9 Å². The van der Waals surface area contributed by atoms with E-state index in [-0.39, 0.29) is 12.1 Å². The van der Waals surface area contributed by atoms with E-state index in [2.05, 4.69) is 9.97 Å². The van der Waals surface area contributed by atoms with E-state index in [1.165, 1.54) is 12.1 Å². The van der Waals surface area contributed by atoms with Gasteiger partial charge in [-0.15, -0.1) is 0 Å². The van der Waals surface area contributed by atoms with Gasteiger partial charge in [-0.05, 0) is 47.5 Å². The molecule has 0 radical (unpaired) electrons. The molecule has 2 aromatic carbocycles. The van der Waals surface area contributed by atoms with Crippen molar-refractivity contribution in [1.29, 1.82) is 0 Å². The number of benzene rings is 2. The highest BCUT2D eigenvalue weighted by Gasteiger charge is 2.30. The third kappa shape index (κ3) is 3.16. The van der Waals surface area contributed by atoms with Crippen LogP contribution in [0, 0.1) is 11.6 Å². The first kappa shape index (κ1) is 17.8. The van der Waals surface area contributed by atoms with Crippen LogP contribution in [0.3, 0.4) is 0 Å². The number of hydrogen-bond acceptors (Lipinski definition) is 4. The van der Waals surface area contributed by atoms with Crippen LogP contribution in [-0.2, 0) is 13.1 Å². The summed E-state index contributed by atoms with van der Waals surface area (Å²) in [5, 5.41) is 11.4. The standard InChI is InChI=1S/C23H17F2N3O/c24-19-10-16(14-5-6-21-15(9-14)3-1-7-26-21)11-20(25)18(19)12-28-13-22-17(23(28)29)4-2-8-27-22/h1-11,23,29H,12-13H2. The number of aliphatic hydroxyl groups excluding tert-OH is 1. The van der Waals surface area contributed by atoms with Crippen LogP contribution in [0.15, 0.2) is 67.0 Å². The van der Waals surface area contributed by atoms with Crippen molar-refractivity contribution in [3.05, 3.63) is 95.4 Å². The maximum absolute atomic E-state index is 14.8. The third-order valence-electron chi connectivity index (χ3n) is 5.34. The minimum absolute atomic E-state index is 0.0445. The van der Waals surface area contributed by atoms with Crippen molar-refractivity contribution in [2.45, 2.75) is 19.3 Å². The molecule has 144 valence electrons. The Balaban J connectivity index is 1.46. The molecule has 3 heterocycles. The number of fused-ring (bicyclic) bond motifs is 2. The first-order chi connectivity index (χ1) is 14.1. The van der Waals surface area contributed by atoms with Crippen molar-refractivity contribution in [1.82, 2.24) is 14.9 Å². The molecule has 5 rings (SSSR count). The Morgan fingerprint density at radius 3 is 2.48 bits per heavy atom. The maximum Gasteiger partial charge on any atom is 0.136 e. The van der Waals surface area contributed by atoms with Gasteiger partial charge in [0.1, 0.15) is 17.9 Å². The summed E-state index contributed by atoms with van der Waals surface area (Å²) in [5.74, 6) is -1.27. The number of rotatable bonds is 3. The number of pyridine rings is 2. The maximum atomic E-state index is 14.8. The lowest BCUT2D eigenvalue weighted by Crippen LogP contribution is -2.22. The molecule has 1 aliphatic rings. The van der Waals surface area contributed by atoms with Gasteiger partial charge in [-0.1, -0.05) is 18.2 Å². The first-order valence-corrected chi connectivity index (χ1v) is 9.29. The van der Waals surface area contributed by atoms with Gasteiger partial charge in [-0.3, -0.25) is 14.9 Å². The van der Waals surface area contributed by atoms with E-state index in [1.54, 1.807) is 35.5 Å². The van der Waals surface area contributed by atoms with Crippen molar-refractivity contribution in [3.63, 3.8) is 0 Å². The van der Waals surface area contributed by atoms with E-state index >= 15 is 0 Å². The molecule has 0 spiro atoms. The van der Waals surface area contributed by atoms with Crippen LogP contribution in [-0.4, -0.2) is 20.0 Å². The predicted molar refractivity (Wildman–Crippen MR) is 106 cm³/mol. The van der Waals surface area contributed by atoms with Crippen LogP contribution >= 0.6 is 0 Å². The van der Waals surface area contributed by atoms with Gasteiger partial charge < -0.3 is 5.11 Å². The van der Waals surface area contributed by atoms with Gasteiger partial charge in [0.2, 0.25) is 0 Å². The lowest BCUT2D eigenvalue weighted by molar-refractivity contribution is 0.00627. The van der Waals surface area contributed by atoms with Crippen LogP contribution in [0.25, 0.3) is 22.0 Å². The van der Waals surface area contributed by atoms with E-state index in [4.69, 9.17) is 0 Å². The average molecular weight is 389 g/mol. The molecule has 6 heteroatoms. The summed E-state index contributed by atoms with van der Waals surface area (Å²) in [6, 6.07) is 15.4. The largest absolute Gasteiger partial charge is 0.374 e. The zero-order chi connectivity index (χ0) is 20.0. The average Bonchev–Trinajstić information content (AvgIpc) is 3.06. The van der Waals surface area contributed by atoms with E-state index in [0.717, 1.165) is 16.6 Å². The molecule has 4 nitrogen and oxygen atoms in total. The molecular weight excluding hydrogens is 372 g/mol. The van der Waals surface area contributed by atoms with Gasteiger partial charge in [0.15, 0.2) is 0 Å². The van der Waals surface area contributed by atoms with Gasteiger partial charge >= 0.3 is 0 Å². The summed E-state index contributed by atoms with van der Waals surface area (Å²) >= 11 is 0. The molecule has 29 heavy (non-hydrogen) atoms. The molecule has 1 aliphatic heterocycles. The van der Waals surface area contributed by atoms with Crippen LogP contribution < -0.4 is 0 Å². The molecule has 1 N–H and O–H groups in total. The van der Waals surface area contributed by atoms with Crippen LogP contribution in [0.4, 0.5) is 8.78 Å². The first-order valence-electron chi connectivity index (χ1n) is 9.29. The molecule has 2 aromatic heterocycles. The molecule has 0 amide bonds. The smallest absolute Gasteiger partial charge is 0.136 e. The molecule has 1 unspecified atom stereocenters. The molecule has 0 fully saturated rings. The summed E-state index contributed by atoms with van der Waals surface area (Å²) in [5.41, 5.74) is 3.33. The second kappa shape index (κ2) is 6.99. The highest BCUT2D eigenvalue weighted by Crippen LogP contribution is 2.33. The lowest BCUT2D eigenvalue weighted by Gasteiger charge is -2.21. The van der Waals surface area contributed by atoms with Gasteiger partial charge in [-0.2, -0.15) is 0 Å². The molecular formula is C23H17F2N3O. The fourth-order valence-electron chi connectivity index (χ4n) is 3.81. The van der Waals surface area contributed by atoms with Crippen LogP contribution in [0.5, 0.6) is 0 Å². The zero-order valence-electron chi connectivity index (χ0n) is 15.4. The topological polar surface area (TPSA) is 49.3 Å². The Bertz CT molecular complexity index is 1200. The van der Waals surface area contributed by atoms with E-state index in [1.807, 2.05) is 24.3 Å². The highest BCUT2D eigenvalue weighted by molar-refractivity contribution is 5.84. The summed E-state index contributed by atoms with van der Waals surface area (Å²) in [6.45, 7) is 0.298. The third-order valence-corrected chi connectivity index (χ3v) is 5.34. The molecule has 4 aromatic rings. The van der Waals surface area contributed by atoms with Crippen molar-refractivity contribution in [2.75, 3.05) is 0 Å². The minimum Gasteiger partial charge on any atom is -0.374 e. The molecule has 1 atom stereocenters. The molecule has 0 bridgehead atoms. The Morgan fingerprint density at radius 1 is 0.931 bits per heavy atom. The van der Waals surface area contributed by atoms with E-state index in [0.29, 0.717) is 23.2 Å². The number of aliphatic hydroxyl groups is 1. The lowest BCUT2D eigenvalue weighted by atomic mass is 10.0. The van der Waals surface area contributed by atoms with Crippen LogP contribution in [0.2, 0.25) is 0 Å². The van der Waals surface area contributed by atoms with E-state index in [9.17, 15) is 13.9 Å². The molecule has 0 saturated carbocycles. The van der Waals surface area contributed by atoms with Crippen molar-refractivity contribution in [2.24, 2.45) is 0 Å². The van der Waals surface area contributed by atoms with Gasteiger partial charge in [0.25, 0.3) is 0 Å². The van der Waals surface area contributed by atoms with Gasteiger partial charge in [-0.25, -0.2) is 8.78 Å².